The molecule has 25 heavy (non-hydrogen) atoms. The van der Waals surface area contributed by atoms with Crippen LogP contribution in [0.3, 0.4) is 0 Å². The van der Waals surface area contributed by atoms with Gasteiger partial charge in [0.15, 0.2) is 0 Å². The summed E-state index contributed by atoms with van der Waals surface area (Å²) in [7, 11) is 0. The van der Waals surface area contributed by atoms with Crippen molar-refractivity contribution in [3.63, 3.8) is 0 Å². The molecule has 2 aromatic carbocycles. The lowest BCUT2D eigenvalue weighted by Gasteiger charge is -2.22. The first-order chi connectivity index (χ1) is 12.1. The molecular weight excluding hydrogens is 306 g/mol. The minimum Gasteiger partial charge on any atom is -0.507 e. The Morgan fingerprint density at radius 2 is 1.64 bits per heavy atom. The molecule has 0 radical (unpaired) electrons. The van der Waals surface area contributed by atoms with E-state index in [1.165, 1.54) is 50.5 Å². The molecule has 1 fully saturated rings. The maximum Gasteiger partial charge on any atom is 0.127 e. The first kappa shape index (κ1) is 17.7. The summed E-state index contributed by atoms with van der Waals surface area (Å²) >= 11 is 0. The average molecular weight is 335 g/mol. The van der Waals surface area contributed by atoms with Crippen molar-refractivity contribution in [3.05, 3.63) is 58.7 Å². The normalized spacial score (nSPS) is 16.7. The molecule has 1 saturated carbocycles. The van der Waals surface area contributed by atoms with E-state index >= 15 is 0 Å². The first-order valence-corrected chi connectivity index (χ1v) is 9.58. The van der Waals surface area contributed by atoms with Crippen LogP contribution in [0.15, 0.2) is 41.4 Å². The second kappa shape index (κ2) is 8.33. The highest BCUT2D eigenvalue weighted by Gasteiger charge is 2.19. The molecule has 2 nitrogen and oxygen atoms in total. The summed E-state index contributed by atoms with van der Waals surface area (Å²) in [4.78, 5) is 4.61. The first-order valence-electron chi connectivity index (χ1n) is 9.58. The molecule has 1 aliphatic rings. The Balaban J connectivity index is 1.90. The van der Waals surface area contributed by atoms with Gasteiger partial charge in [-0.2, -0.15) is 0 Å². The molecule has 1 N–H and O–H groups in total. The van der Waals surface area contributed by atoms with Gasteiger partial charge in [0, 0.05) is 11.8 Å². The van der Waals surface area contributed by atoms with Gasteiger partial charge in [0.25, 0.3) is 0 Å². The van der Waals surface area contributed by atoms with Gasteiger partial charge in [-0.1, -0.05) is 56.4 Å². The van der Waals surface area contributed by atoms with E-state index in [2.05, 4.69) is 31.0 Å². The Kier molecular flexibility index (Phi) is 5.91. The highest BCUT2D eigenvalue weighted by Crippen LogP contribution is 2.37. The van der Waals surface area contributed by atoms with Crippen molar-refractivity contribution in [2.75, 3.05) is 0 Å². The molecule has 1 aliphatic carbocycles. The largest absolute Gasteiger partial charge is 0.507 e. The van der Waals surface area contributed by atoms with Crippen LogP contribution in [0.25, 0.3) is 0 Å². The lowest BCUT2D eigenvalue weighted by molar-refractivity contribution is 0.423. The van der Waals surface area contributed by atoms with Crippen LogP contribution in [0, 0.1) is 13.8 Å². The van der Waals surface area contributed by atoms with E-state index in [1.54, 1.807) is 0 Å². The molecule has 2 heteroatoms. The molecule has 132 valence electrons. The molecule has 0 spiro atoms. The second-order valence-electron chi connectivity index (χ2n) is 7.38. The molecule has 0 bridgehead atoms. The Labute approximate surface area is 151 Å². The van der Waals surface area contributed by atoms with E-state index in [1.807, 2.05) is 30.5 Å². The second-order valence-corrected chi connectivity index (χ2v) is 7.38. The van der Waals surface area contributed by atoms with E-state index in [0.717, 1.165) is 22.4 Å². The predicted molar refractivity (Wildman–Crippen MR) is 106 cm³/mol. The van der Waals surface area contributed by atoms with Gasteiger partial charge in [-0.25, -0.2) is 0 Å². The molecule has 2 aromatic rings. The van der Waals surface area contributed by atoms with E-state index in [4.69, 9.17) is 0 Å². The van der Waals surface area contributed by atoms with Crippen molar-refractivity contribution in [1.82, 2.24) is 0 Å². The van der Waals surface area contributed by atoms with Gasteiger partial charge in [-0.05, 0) is 61.4 Å². The van der Waals surface area contributed by atoms with Gasteiger partial charge >= 0.3 is 0 Å². The summed E-state index contributed by atoms with van der Waals surface area (Å²) in [5.41, 5.74) is 5.25. The van der Waals surface area contributed by atoms with Crippen molar-refractivity contribution in [1.29, 1.82) is 0 Å². The van der Waals surface area contributed by atoms with Crippen molar-refractivity contribution in [3.8, 4) is 5.75 Å². The summed E-state index contributed by atoms with van der Waals surface area (Å²) in [5, 5.41) is 10.9. The molecule has 0 saturated heterocycles. The van der Waals surface area contributed by atoms with E-state index in [9.17, 15) is 5.11 Å². The number of phenolic OH excluding ortho intramolecular Hbond substituents is 1. The fourth-order valence-corrected chi connectivity index (χ4v) is 3.86. The number of aliphatic imine (C=N–C) groups is 1. The summed E-state index contributed by atoms with van der Waals surface area (Å²) in [6.45, 7) is 4.17. The molecule has 0 unspecified atom stereocenters. The summed E-state index contributed by atoms with van der Waals surface area (Å²) in [6.07, 6.45) is 10.7. The fraction of sp³-hybridized carbons (Fsp3) is 0.435. The summed E-state index contributed by atoms with van der Waals surface area (Å²) in [6, 6.07) is 12.3. The number of hydrogen-bond donors (Lipinski definition) is 1. The number of phenols is 1. The van der Waals surface area contributed by atoms with Crippen molar-refractivity contribution >= 4 is 11.9 Å². The maximum absolute atomic E-state index is 10.9. The van der Waals surface area contributed by atoms with Gasteiger partial charge in [0.2, 0.25) is 0 Å². The van der Waals surface area contributed by atoms with Crippen LogP contribution in [0.1, 0.15) is 73.1 Å². The Morgan fingerprint density at radius 1 is 0.960 bits per heavy atom. The Bertz CT molecular complexity index is 740. The number of benzene rings is 2. The van der Waals surface area contributed by atoms with Crippen molar-refractivity contribution < 1.29 is 5.11 Å². The number of aromatic hydroxyl groups is 1. The van der Waals surface area contributed by atoms with Crippen LogP contribution < -0.4 is 0 Å². The standard InChI is InChI=1S/C23H29NO/c1-17-14-20(16-24-22-13-9-8-10-18(22)2)23(25)21(15-17)19-11-6-4-3-5-7-12-19/h8-10,13-16,19,25H,3-7,11-12H2,1-2H3. The molecule has 0 amide bonds. The molecule has 0 aliphatic heterocycles. The van der Waals surface area contributed by atoms with E-state index in [-0.39, 0.29) is 0 Å². The third-order valence-electron chi connectivity index (χ3n) is 5.32. The van der Waals surface area contributed by atoms with Crippen molar-refractivity contribution in [2.24, 2.45) is 4.99 Å². The SMILES string of the molecule is Cc1cc(C=Nc2ccccc2C)c(O)c(C2CCCCCCC2)c1. The van der Waals surface area contributed by atoms with Gasteiger partial charge in [-0.3, -0.25) is 4.99 Å². The van der Waals surface area contributed by atoms with Crippen LogP contribution in [0.4, 0.5) is 5.69 Å². The van der Waals surface area contributed by atoms with Crippen LogP contribution in [-0.2, 0) is 0 Å². The zero-order valence-corrected chi connectivity index (χ0v) is 15.5. The topological polar surface area (TPSA) is 32.6 Å². The van der Waals surface area contributed by atoms with E-state index < -0.39 is 0 Å². The van der Waals surface area contributed by atoms with Crippen LogP contribution in [0.2, 0.25) is 0 Å². The van der Waals surface area contributed by atoms with Crippen LogP contribution in [-0.4, -0.2) is 11.3 Å². The number of rotatable bonds is 3. The summed E-state index contributed by atoms with van der Waals surface area (Å²) < 4.78 is 0. The smallest absolute Gasteiger partial charge is 0.127 e. The zero-order chi connectivity index (χ0) is 17.6. The lowest BCUT2D eigenvalue weighted by Crippen LogP contribution is -2.04. The average Bonchev–Trinajstić information content (AvgIpc) is 2.57. The number of aryl methyl sites for hydroxylation is 2. The Morgan fingerprint density at radius 3 is 2.36 bits per heavy atom. The molecule has 3 rings (SSSR count). The number of para-hydroxylation sites is 1. The van der Waals surface area contributed by atoms with Crippen LogP contribution in [0.5, 0.6) is 5.75 Å². The molecular formula is C23H29NO. The quantitative estimate of drug-likeness (QED) is 0.631. The predicted octanol–water partition coefficient (Wildman–Crippen LogP) is 6.59. The highest BCUT2D eigenvalue weighted by atomic mass is 16.3. The minimum atomic E-state index is 0.425. The monoisotopic (exact) mass is 335 g/mol. The van der Waals surface area contributed by atoms with E-state index in [0.29, 0.717) is 11.7 Å². The zero-order valence-electron chi connectivity index (χ0n) is 15.5. The summed E-state index contributed by atoms with van der Waals surface area (Å²) in [5.74, 6) is 0.902. The molecule has 0 heterocycles. The fourth-order valence-electron chi connectivity index (χ4n) is 3.86. The third kappa shape index (κ3) is 4.50. The molecule has 0 atom stereocenters. The number of nitrogens with zero attached hydrogens (tertiary/aromatic N) is 1. The van der Waals surface area contributed by atoms with Crippen molar-refractivity contribution in [2.45, 2.75) is 64.7 Å². The molecule has 0 aromatic heterocycles. The highest BCUT2D eigenvalue weighted by molar-refractivity contribution is 5.86. The van der Waals surface area contributed by atoms with Crippen LogP contribution >= 0.6 is 0 Å². The van der Waals surface area contributed by atoms with Gasteiger partial charge < -0.3 is 5.11 Å². The Hall–Kier alpha value is -2.09. The maximum atomic E-state index is 10.9. The van der Waals surface area contributed by atoms with Gasteiger partial charge in [0.05, 0.1) is 5.69 Å². The third-order valence-corrected chi connectivity index (χ3v) is 5.32. The number of hydrogen-bond acceptors (Lipinski definition) is 2. The van der Waals surface area contributed by atoms with Gasteiger partial charge in [-0.15, -0.1) is 0 Å². The lowest BCUT2D eigenvalue weighted by atomic mass is 9.84. The van der Waals surface area contributed by atoms with Gasteiger partial charge in [0.1, 0.15) is 5.75 Å². The minimum absolute atomic E-state index is 0.425.